The summed E-state index contributed by atoms with van der Waals surface area (Å²) in [6.45, 7) is 11.2. The van der Waals surface area contributed by atoms with Crippen molar-refractivity contribution in [1.29, 1.82) is 0 Å². The number of nitrogens with zero attached hydrogens (tertiary/aromatic N) is 1. The van der Waals surface area contributed by atoms with Crippen molar-refractivity contribution in [2.45, 2.75) is 52.4 Å². The van der Waals surface area contributed by atoms with E-state index < -0.39 is 5.60 Å². The fourth-order valence-corrected chi connectivity index (χ4v) is 4.54. The van der Waals surface area contributed by atoms with Crippen molar-refractivity contribution < 1.29 is 19.0 Å². The van der Waals surface area contributed by atoms with E-state index >= 15 is 0 Å². The number of hydrogen-bond donors (Lipinski definition) is 0. The number of aryl methyl sites for hydroxylation is 1. The Bertz CT molecular complexity index is 1150. The van der Waals surface area contributed by atoms with Gasteiger partial charge in [0.25, 0.3) is 0 Å². The third kappa shape index (κ3) is 7.19. The van der Waals surface area contributed by atoms with Gasteiger partial charge in [-0.2, -0.15) is 0 Å². The van der Waals surface area contributed by atoms with Crippen LogP contribution in [0.3, 0.4) is 0 Å². The van der Waals surface area contributed by atoms with E-state index in [-0.39, 0.29) is 12.1 Å². The standard InChI is InChI=1S/C31H37NO4/c1-23-20-26(35-22-25-12-8-9-13-28(25)24-10-6-5-7-11-24)14-15-27(23)29-21-32(18-19-34-29)17-16-30(33)36-31(2,3)4/h5-15,20,29H,16-19,21-22H2,1-4H3. The molecule has 0 bridgehead atoms. The minimum absolute atomic E-state index is 0.0229. The summed E-state index contributed by atoms with van der Waals surface area (Å²) >= 11 is 0. The zero-order valence-corrected chi connectivity index (χ0v) is 21.8. The summed E-state index contributed by atoms with van der Waals surface area (Å²) in [5, 5.41) is 0. The Morgan fingerprint density at radius 3 is 2.53 bits per heavy atom. The zero-order chi connectivity index (χ0) is 25.5. The Morgan fingerprint density at radius 1 is 1.03 bits per heavy atom. The molecule has 0 spiro atoms. The van der Waals surface area contributed by atoms with Crippen molar-refractivity contribution in [1.82, 2.24) is 4.90 Å². The molecule has 1 unspecified atom stereocenters. The van der Waals surface area contributed by atoms with Crippen LogP contribution in [0.1, 0.15) is 50.0 Å². The largest absolute Gasteiger partial charge is 0.489 e. The van der Waals surface area contributed by atoms with Crippen molar-refractivity contribution in [2.24, 2.45) is 0 Å². The molecule has 1 aliphatic heterocycles. The second kappa shape index (κ2) is 11.7. The van der Waals surface area contributed by atoms with Gasteiger partial charge in [0.2, 0.25) is 0 Å². The summed E-state index contributed by atoms with van der Waals surface area (Å²) in [6.07, 6.45) is 0.366. The maximum atomic E-state index is 12.1. The van der Waals surface area contributed by atoms with E-state index in [1.165, 1.54) is 11.1 Å². The maximum Gasteiger partial charge on any atom is 0.307 e. The van der Waals surface area contributed by atoms with Crippen molar-refractivity contribution in [3.63, 3.8) is 0 Å². The Hall–Kier alpha value is -3.15. The van der Waals surface area contributed by atoms with Gasteiger partial charge in [0.1, 0.15) is 18.0 Å². The van der Waals surface area contributed by atoms with Crippen LogP contribution < -0.4 is 4.74 Å². The average Bonchev–Trinajstić information content (AvgIpc) is 2.86. The van der Waals surface area contributed by atoms with Gasteiger partial charge >= 0.3 is 5.97 Å². The van der Waals surface area contributed by atoms with Crippen LogP contribution in [0, 0.1) is 6.92 Å². The van der Waals surface area contributed by atoms with Gasteiger partial charge in [-0.25, -0.2) is 0 Å². The molecule has 3 aromatic rings. The highest BCUT2D eigenvalue weighted by Crippen LogP contribution is 2.29. The van der Waals surface area contributed by atoms with Gasteiger partial charge in [0.15, 0.2) is 0 Å². The molecule has 36 heavy (non-hydrogen) atoms. The lowest BCUT2D eigenvalue weighted by molar-refractivity contribution is -0.155. The van der Waals surface area contributed by atoms with E-state index in [4.69, 9.17) is 14.2 Å². The van der Waals surface area contributed by atoms with Gasteiger partial charge in [-0.1, -0.05) is 60.7 Å². The molecule has 5 heteroatoms. The number of ether oxygens (including phenoxy) is 3. The van der Waals surface area contributed by atoms with Crippen LogP contribution in [0.15, 0.2) is 72.8 Å². The molecule has 1 atom stereocenters. The quantitative estimate of drug-likeness (QED) is 0.347. The third-order valence-electron chi connectivity index (χ3n) is 6.29. The first kappa shape index (κ1) is 25.9. The molecule has 0 saturated carbocycles. The number of rotatable bonds is 8. The normalized spacial score (nSPS) is 16.5. The van der Waals surface area contributed by atoms with Gasteiger partial charge in [-0.3, -0.25) is 9.69 Å². The first-order valence-electron chi connectivity index (χ1n) is 12.7. The second-order valence-electron chi connectivity index (χ2n) is 10.3. The maximum absolute atomic E-state index is 12.1. The molecule has 0 N–H and O–H groups in total. The molecule has 5 nitrogen and oxygen atoms in total. The van der Waals surface area contributed by atoms with Crippen LogP contribution in [0.2, 0.25) is 0 Å². The molecule has 1 heterocycles. The van der Waals surface area contributed by atoms with E-state index in [0.29, 0.717) is 26.2 Å². The summed E-state index contributed by atoms with van der Waals surface area (Å²) in [5.41, 5.74) is 5.38. The monoisotopic (exact) mass is 487 g/mol. The Balaban J connectivity index is 1.36. The summed E-state index contributed by atoms with van der Waals surface area (Å²) in [6, 6.07) is 25.0. The molecule has 190 valence electrons. The molecule has 0 aromatic heterocycles. The number of esters is 1. The van der Waals surface area contributed by atoms with E-state index in [9.17, 15) is 4.79 Å². The predicted octanol–water partition coefficient (Wildman–Crippen LogP) is 6.35. The molecule has 3 aromatic carbocycles. The lowest BCUT2D eigenvalue weighted by Crippen LogP contribution is -2.40. The SMILES string of the molecule is Cc1cc(OCc2ccccc2-c2ccccc2)ccc1C1CN(CCC(=O)OC(C)(C)C)CCO1. The van der Waals surface area contributed by atoms with E-state index in [2.05, 4.69) is 72.5 Å². The van der Waals surface area contributed by atoms with Gasteiger partial charge in [-0.15, -0.1) is 0 Å². The zero-order valence-electron chi connectivity index (χ0n) is 21.8. The fraction of sp³-hybridized carbons (Fsp3) is 0.387. The van der Waals surface area contributed by atoms with E-state index in [1.54, 1.807) is 0 Å². The lowest BCUT2D eigenvalue weighted by atomic mass is 10.00. The second-order valence-corrected chi connectivity index (χ2v) is 10.3. The lowest BCUT2D eigenvalue weighted by Gasteiger charge is -2.33. The summed E-state index contributed by atoms with van der Waals surface area (Å²) < 4.78 is 17.7. The molecular formula is C31H37NO4. The van der Waals surface area contributed by atoms with Crippen LogP contribution in [0.25, 0.3) is 11.1 Å². The molecule has 0 amide bonds. The Labute approximate surface area is 215 Å². The van der Waals surface area contributed by atoms with Crippen molar-refractivity contribution in [3.05, 3.63) is 89.5 Å². The van der Waals surface area contributed by atoms with Crippen molar-refractivity contribution >= 4 is 5.97 Å². The Morgan fingerprint density at radius 2 is 1.78 bits per heavy atom. The highest BCUT2D eigenvalue weighted by atomic mass is 16.6. The minimum Gasteiger partial charge on any atom is -0.489 e. The molecular weight excluding hydrogens is 450 g/mol. The van der Waals surface area contributed by atoms with Crippen LogP contribution in [0.4, 0.5) is 0 Å². The fourth-order valence-electron chi connectivity index (χ4n) is 4.54. The smallest absolute Gasteiger partial charge is 0.307 e. The number of morpholine rings is 1. The minimum atomic E-state index is -0.449. The van der Waals surface area contributed by atoms with Crippen LogP contribution in [-0.2, 0) is 20.9 Å². The highest BCUT2D eigenvalue weighted by molar-refractivity contribution is 5.70. The van der Waals surface area contributed by atoms with Crippen LogP contribution in [-0.4, -0.2) is 42.7 Å². The van der Waals surface area contributed by atoms with Crippen LogP contribution >= 0.6 is 0 Å². The van der Waals surface area contributed by atoms with E-state index in [0.717, 1.165) is 35.5 Å². The van der Waals surface area contributed by atoms with Gasteiger partial charge in [-0.05, 0) is 67.6 Å². The molecule has 0 radical (unpaired) electrons. The summed E-state index contributed by atoms with van der Waals surface area (Å²) in [4.78, 5) is 14.4. The number of benzene rings is 3. The molecule has 4 rings (SSSR count). The number of carbonyl (C=O) groups is 1. The highest BCUT2D eigenvalue weighted by Gasteiger charge is 2.25. The summed E-state index contributed by atoms with van der Waals surface area (Å²) in [5.74, 6) is 0.689. The Kier molecular flexibility index (Phi) is 8.44. The average molecular weight is 488 g/mol. The summed E-state index contributed by atoms with van der Waals surface area (Å²) in [7, 11) is 0. The number of hydrogen-bond acceptors (Lipinski definition) is 5. The third-order valence-corrected chi connectivity index (χ3v) is 6.29. The molecule has 0 aliphatic carbocycles. The van der Waals surface area contributed by atoms with Gasteiger partial charge in [0, 0.05) is 19.6 Å². The first-order valence-corrected chi connectivity index (χ1v) is 12.7. The number of carbonyl (C=O) groups excluding carboxylic acids is 1. The van der Waals surface area contributed by atoms with Crippen LogP contribution in [0.5, 0.6) is 5.75 Å². The topological polar surface area (TPSA) is 48.0 Å². The van der Waals surface area contributed by atoms with Crippen molar-refractivity contribution in [2.75, 3.05) is 26.2 Å². The first-order chi connectivity index (χ1) is 17.3. The van der Waals surface area contributed by atoms with Gasteiger partial charge in [0.05, 0.1) is 19.1 Å². The predicted molar refractivity (Wildman–Crippen MR) is 143 cm³/mol. The van der Waals surface area contributed by atoms with E-state index in [1.807, 2.05) is 32.9 Å². The van der Waals surface area contributed by atoms with Crippen molar-refractivity contribution in [3.8, 4) is 16.9 Å². The molecule has 1 fully saturated rings. The van der Waals surface area contributed by atoms with Gasteiger partial charge < -0.3 is 14.2 Å². The molecule has 1 saturated heterocycles. The molecule has 1 aliphatic rings.